The van der Waals surface area contributed by atoms with Gasteiger partial charge in [-0.1, -0.05) is 23.7 Å². The lowest BCUT2D eigenvalue weighted by atomic mass is 10.1. The summed E-state index contributed by atoms with van der Waals surface area (Å²) in [4.78, 5) is 12.5. The van der Waals surface area contributed by atoms with Crippen LogP contribution < -0.4 is 4.74 Å². The maximum atomic E-state index is 11.9. The number of ether oxygens (including phenoxy) is 1. The van der Waals surface area contributed by atoms with Gasteiger partial charge in [-0.15, -0.1) is 11.3 Å². The van der Waals surface area contributed by atoms with Crippen LogP contribution in [0.2, 0.25) is 4.34 Å². The Morgan fingerprint density at radius 3 is 2.68 bits per heavy atom. The van der Waals surface area contributed by atoms with Crippen molar-refractivity contribution in [3.63, 3.8) is 0 Å². The minimum Gasteiger partial charge on any atom is -0.496 e. The standard InChI is InChI=1S/C15H13ClO2S/c1-10-9-11(4-6-13(10)18-2)3-5-12(17)14-7-8-15(16)19-14/h3-9H,1-2H3/b5-3+. The van der Waals surface area contributed by atoms with Crippen LogP contribution >= 0.6 is 22.9 Å². The van der Waals surface area contributed by atoms with Crippen LogP contribution in [0, 0.1) is 6.92 Å². The number of ketones is 1. The number of carbonyl (C=O) groups is 1. The molecule has 1 aromatic carbocycles. The molecular formula is C15H13ClO2S. The molecule has 0 spiro atoms. The highest BCUT2D eigenvalue weighted by Crippen LogP contribution is 2.23. The van der Waals surface area contributed by atoms with E-state index in [-0.39, 0.29) is 5.78 Å². The number of rotatable bonds is 4. The lowest BCUT2D eigenvalue weighted by molar-refractivity contribution is 0.105. The summed E-state index contributed by atoms with van der Waals surface area (Å²) >= 11 is 7.09. The van der Waals surface area contributed by atoms with E-state index in [1.165, 1.54) is 11.3 Å². The largest absolute Gasteiger partial charge is 0.496 e. The van der Waals surface area contributed by atoms with Crippen molar-refractivity contribution in [2.45, 2.75) is 6.92 Å². The van der Waals surface area contributed by atoms with Crippen LogP contribution in [-0.2, 0) is 0 Å². The van der Waals surface area contributed by atoms with Crippen LogP contribution in [0.3, 0.4) is 0 Å². The van der Waals surface area contributed by atoms with Crippen LogP contribution in [-0.4, -0.2) is 12.9 Å². The summed E-state index contributed by atoms with van der Waals surface area (Å²) in [6.45, 7) is 1.97. The molecule has 1 heterocycles. The van der Waals surface area contributed by atoms with Crippen molar-refractivity contribution in [3.8, 4) is 5.75 Å². The molecule has 0 radical (unpaired) electrons. The zero-order valence-corrected chi connectivity index (χ0v) is 12.2. The molecule has 2 aromatic rings. The third-order valence-corrected chi connectivity index (χ3v) is 3.91. The van der Waals surface area contributed by atoms with E-state index in [1.807, 2.05) is 25.1 Å². The number of aryl methyl sites for hydroxylation is 1. The Morgan fingerprint density at radius 1 is 1.32 bits per heavy atom. The molecule has 0 unspecified atom stereocenters. The first-order valence-electron chi connectivity index (χ1n) is 5.72. The fourth-order valence-electron chi connectivity index (χ4n) is 1.71. The molecule has 19 heavy (non-hydrogen) atoms. The van der Waals surface area contributed by atoms with Gasteiger partial charge in [0.1, 0.15) is 5.75 Å². The van der Waals surface area contributed by atoms with Gasteiger partial charge in [0.25, 0.3) is 0 Å². The van der Waals surface area contributed by atoms with E-state index in [0.717, 1.165) is 16.9 Å². The van der Waals surface area contributed by atoms with Crippen molar-refractivity contribution in [2.75, 3.05) is 7.11 Å². The second-order valence-corrected chi connectivity index (χ2v) is 5.75. The van der Waals surface area contributed by atoms with Gasteiger partial charge in [-0.25, -0.2) is 0 Å². The summed E-state index contributed by atoms with van der Waals surface area (Å²) in [5.41, 5.74) is 2.01. The molecule has 0 saturated carbocycles. The predicted molar refractivity (Wildman–Crippen MR) is 80.4 cm³/mol. The molecule has 0 aliphatic rings. The highest BCUT2D eigenvalue weighted by atomic mass is 35.5. The van der Waals surface area contributed by atoms with Crippen molar-refractivity contribution in [2.24, 2.45) is 0 Å². The van der Waals surface area contributed by atoms with E-state index in [9.17, 15) is 4.79 Å². The maximum absolute atomic E-state index is 11.9. The molecule has 98 valence electrons. The molecule has 4 heteroatoms. The van der Waals surface area contributed by atoms with Gasteiger partial charge < -0.3 is 4.74 Å². The van der Waals surface area contributed by atoms with Gasteiger partial charge in [0.05, 0.1) is 16.3 Å². The third kappa shape index (κ3) is 3.46. The lowest BCUT2D eigenvalue weighted by Crippen LogP contribution is -1.90. The second-order valence-electron chi connectivity index (χ2n) is 4.03. The number of hydrogen-bond acceptors (Lipinski definition) is 3. The zero-order chi connectivity index (χ0) is 13.8. The van der Waals surface area contributed by atoms with Crippen molar-refractivity contribution < 1.29 is 9.53 Å². The van der Waals surface area contributed by atoms with Crippen molar-refractivity contribution in [1.29, 1.82) is 0 Å². The van der Waals surface area contributed by atoms with Gasteiger partial charge >= 0.3 is 0 Å². The van der Waals surface area contributed by atoms with Crippen LogP contribution in [0.25, 0.3) is 6.08 Å². The maximum Gasteiger partial charge on any atom is 0.195 e. The second kappa shape index (κ2) is 6.04. The summed E-state index contributed by atoms with van der Waals surface area (Å²) in [5, 5.41) is 0. The van der Waals surface area contributed by atoms with Crippen molar-refractivity contribution in [1.82, 2.24) is 0 Å². The molecule has 0 amide bonds. The minimum absolute atomic E-state index is 0.0367. The molecular weight excluding hydrogens is 280 g/mol. The average Bonchev–Trinajstić information content (AvgIpc) is 2.83. The normalized spacial score (nSPS) is 10.9. The first kappa shape index (κ1) is 13.8. The number of hydrogen-bond donors (Lipinski definition) is 0. The summed E-state index contributed by atoms with van der Waals surface area (Å²) in [6.07, 6.45) is 3.35. The summed E-state index contributed by atoms with van der Waals surface area (Å²) in [7, 11) is 1.64. The molecule has 0 bridgehead atoms. The first-order chi connectivity index (χ1) is 9.10. The van der Waals surface area contributed by atoms with Crippen LogP contribution in [0.5, 0.6) is 5.75 Å². The monoisotopic (exact) mass is 292 g/mol. The fourth-order valence-corrected chi connectivity index (χ4v) is 2.67. The third-order valence-electron chi connectivity index (χ3n) is 2.66. The smallest absolute Gasteiger partial charge is 0.195 e. The molecule has 2 nitrogen and oxygen atoms in total. The molecule has 2 rings (SSSR count). The molecule has 0 fully saturated rings. The highest BCUT2D eigenvalue weighted by molar-refractivity contribution is 7.18. The van der Waals surface area contributed by atoms with E-state index >= 15 is 0 Å². The SMILES string of the molecule is COc1ccc(/C=C/C(=O)c2ccc(Cl)s2)cc1C. The van der Waals surface area contributed by atoms with Crippen molar-refractivity contribution in [3.05, 3.63) is 56.7 Å². The Kier molecular flexibility index (Phi) is 4.40. The molecule has 0 aliphatic carbocycles. The van der Waals surface area contributed by atoms with Crippen LogP contribution in [0.1, 0.15) is 20.8 Å². The molecule has 0 saturated heterocycles. The van der Waals surface area contributed by atoms with Crippen LogP contribution in [0.4, 0.5) is 0 Å². The lowest BCUT2D eigenvalue weighted by Gasteiger charge is -2.04. The average molecular weight is 293 g/mol. The van der Waals surface area contributed by atoms with Gasteiger partial charge in [0.2, 0.25) is 0 Å². The minimum atomic E-state index is -0.0367. The quantitative estimate of drug-likeness (QED) is 0.607. The van der Waals surface area contributed by atoms with Gasteiger partial charge in [0, 0.05) is 0 Å². The van der Waals surface area contributed by atoms with Gasteiger partial charge in [0.15, 0.2) is 5.78 Å². The number of carbonyl (C=O) groups excluding carboxylic acids is 1. The Hall–Kier alpha value is -1.58. The Bertz CT molecular complexity index is 629. The summed E-state index contributed by atoms with van der Waals surface area (Å²) in [6, 6.07) is 9.24. The summed E-state index contributed by atoms with van der Waals surface area (Å²) in [5.74, 6) is 0.805. The van der Waals surface area contributed by atoms with Crippen molar-refractivity contribution >= 4 is 34.8 Å². The van der Waals surface area contributed by atoms with Gasteiger partial charge in [-0.3, -0.25) is 4.79 Å². The number of halogens is 1. The van der Waals surface area contributed by atoms with E-state index in [0.29, 0.717) is 9.21 Å². The fraction of sp³-hybridized carbons (Fsp3) is 0.133. The molecule has 0 N–H and O–H groups in total. The Balaban J connectivity index is 2.14. The predicted octanol–water partition coefficient (Wildman–Crippen LogP) is 4.61. The number of allylic oxidation sites excluding steroid dienone is 1. The topological polar surface area (TPSA) is 26.3 Å². The first-order valence-corrected chi connectivity index (χ1v) is 6.92. The number of thiophene rings is 1. The Morgan fingerprint density at radius 2 is 2.11 bits per heavy atom. The highest BCUT2D eigenvalue weighted by Gasteiger charge is 2.05. The van der Waals surface area contributed by atoms with E-state index in [2.05, 4.69) is 0 Å². The zero-order valence-electron chi connectivity index (χ0n) is 10.6. The van der Waals surface area contributed by atoms with Gasteiger partial charge in [-0.2, -0.15) is 0 Å². The molecule has 0 aliphatic heterocycles. The Labute approximate surface area is 121 Å². The van der Waals surface area contributed by atoms with E-state index < -0.39 is 0 Å². The summed E-state index contributed by atoms with van der Waals surface area (Å²) < 4.78 is 5.82. The molecule has 0 atom stereocenters. The number of benzene rings is 1. The van der Waals surface area contributed by atoms with Gasteiger partial charge in [-0.05, 0) is 48.4 Å². The van der Waals surface area contributed by atoms with E-state index in [4.69, 9.17) is 16.3 Å². The van der Waals surface area contributed by atoms with Crippen LogP contribution in [0.15, 0.2) is 36.4 Å². The molecule has 1 aromatic heterocycles. The number of methoxy groups -OCH3 is 1. The van der Waals surface area contributed by atoms with E-state index in [1.54, 1.807) is 31.4 Å².